The molecule has 0 saturated carbocycles. The molecule has 4 rings (SSSR count). The van der Waals surface area contributed by atoms with Gasteiger partial charge in [0.1, 0.15) is 29.5 Å². The van der Waals surface area contributed by atoms with E-state index in [1.54, 1.807) is 73.7 Å². The number of carbonyl (C=O) groups is 3. The van der Waals surface area contributed by atoms with Gasteiger partial charge in [0, 0.05) is 10.8 Å². The van der Waals surface area contributed by atoms with Crippen molar-refractivity contribution >= 4 is 37.4 Å². The quantitative estimate of drug-likeness (QED) is 0.139. The summed E-state index contributed by atoms with van der Waals surface area (Å²) >= 11 is 0. The molecule has 1 heterocycles. The maximum atomic E-state index is 13.3. The molecule has 1 fully saturated rings. The van der Waals surface area contributed by atoms with E-state index in [1.165, 1.54) is 19.1 Å². The van der Waals surface area contributed by atoms with E-state index in [1.807, 2.05) is 6.07 Å². The molecule has 2 unspecified atom stereocenters. The Labute approximate surface area is 241 Å². The fraction of sp³-hybridized carbons (Fsp3) is 0.207. The summed E-state index contributed by atoms with van der Waals surface area (Å²) in [5.41, 5.74) is 1.09. The smallest absolute Gasteiger partial charge is 0.356 e. The number of carboxylic acid groups (broad SMARTS) is 1. The van der Waals surface area contributed by atoms with Gasteiger partial charge in [0.05, 0.1) is 4.90 Å². The van der Waals surface area contributed by atoms with Crippen molar-refractivity contribution in [2.45, 2.75) is 36.8 Å². The average Bonchev–Trinajstić information content (AvgIpc) is 2.96. The van der Waals surface area contributed by atoms with Crippen LogP contribution in [-0.2, 0) is 34.6 Å². The van der Waals surface area contributed by atoms with Crippen LogP contribution in [0.3, 0.4) is 0 Å². The number of benzene rings is 3. The van der Waals surface area contributed by atoms with E-state index in [0.717, 1.165) is 16.0 Å². The number of aryl methyl sites for hydroxylation is 1. The number of rotatable bonds is 12. The zero-order chi connectivity index (χ0) is 29.6. The topological polar surface area (TPSA) is 139 Å². The Bertz CT molecular complexity index is 1540. The van der Waals surface area contributed by atoms with E-state index in [4.69, 9.17) is 9.47 Å². The Kier molecular flexibility index (Phi) is 9.35. The number of likely N-dealkylation sites (tertiary alicyclic amines) is 1. The number of hydrogen-bond donors (Lipinski definition) is 2. The number of para-hydroxylation sites is 1. The third-order valence-corrected chi connectivity index (χ3v) is 9.79. The standard InChI is InChI=1S/C29H28N2O8S2/c1-19-13-15-23(16-14-19)41(36,37)40-28-25(30-24(32)18-39-22-11-7-4-8-12-22)27(33)31(28)26(29(34)35)20(2)38-17-21-9-5-3-6-10-21/h3-16,25,28H,17-18H2,1-2H3,(H,30,32)(H,34,35)/b26-20+. The monoisotopic (exact) mass is 596 g/mol. The first kappa shape index (κ1) is 29.7. The van der Waals surface area contributed by atoms with Crippen LogP contribution in [0.15, 0.2) is 101 Å². The van der Waals surface area contributed by atoms with Gasteiger partial charge in [-0.25, -0.2) is 13.2 Å². The molecule has 41 heavy (non-hydrogen) atoms. The van der Waals surface area contributed by atoms with Gasteiger partial charge in [-0.1, -0.05) is 66.2 Å². The molecule has 0 radical (unpaired) electrons. The average molecular weight is 597 g/mol. The second-order valence-electron chi connectivity index (χ2n) is 9.09. The van der Waals surface area contributed by atoms with Gasteiger partial charge in [-0.15, -0.1) is 0 Å². The molecule has 12 heteroatoms. The summed E-state index contributed by atoms with van der Waals surface area (Å²) in [6.07, 6.45) is 0. The molecule has 1 aliphatic heterocycles. The van der Waals surface area contributed by atoms with Crippen molar-refractivity contribution in [2.75, 3.05) is 6.61 Å². The van der Waals surface area contributed by atoms with E-state index in [9.17, 15) is 27.9 Å². The lowest BCUT2D eigenvalue weighted by Gasteiger charge is -2.46. The van der Waals surface area contributed by atoms with E-state index >= 15 is 0 Å². The number of nitrogens with zero attached hydrogens (tertiary/aromatic N) is 1. The second kappa shape index (κ2) is 12.9. The number of ether oxygens (including phenoxy) is 2. The van der Waals surface area contributed by atoms with Crippen LogP contribution >= 0.6 is 10.8 Å². The normalized spacial score (nSPS) is 17.2. The summed E-state index contributed by atoms with van der Waals surface area (Å²) in [6.45, 7) is 2.79. The number of β-lactam (4-membered cyclic amide) rings is 1. The number of amides is 2. The number of carbonyl (C=O) groups excluding carboxylic acids is 2. The SMILES string of the molecule is C/C(OCc1ccccc1)=C(/C(=O)O)N1C(=O)C(NC(=O)COc2ccccc2)C1SS(=O)(=O)c1ccc(C)cc1. The van der Waals surface area contributed by atoms with Crippen LogP contribution in [0.1, 0.15) is 18.1 Å². The van der Waals surface area contributed by atoms with Gasteiger partial charge >= 0.3 is 5.97 Å². The van der Waals surface area contributed by atoms with Gasteiger partial charge in [0.25, 0.3) is 11.8 Å². The molecule has 1 aliphatic rings. The number of aliphatic carboxylic acids is 1. The van der Waals surface area contributed by atoms with Crippen LogP contribution in [0.5, 0.6) is 5.75 Å². The highest BCUT2D eigenvalue weighted by atomic mass is 33.1. The highest BCUT2D eigenvalue weighted by Crippen LogP contribution is 2.40. The minimum Gasteiger partial charge on any atom is -0.491 e. The predicted octanol–water partition coefficient (Wildman–Crippen LogP) is 3.68. The molecular weight excluding hydrogens is 568 g/mol. The highest BCUT2D eigenvalue weighted by molar-refractivity contribution is 8.72. The summed E-state index contributed by atoms with van der Waals surface area (Å²) in [4.78, 5) is 39.1. The van der Waals surface area contributed by atoms with Crippen LogP contribution in [0.4, 0.5) is 0 Å². The molecule has 0 spiro atoms. The molecule has 2 atom stereocenters. The van der Waals surface area contributed by atoms with Gasteiger partial charge in [0.2, 0.25) is 8.87 Å². The Hall–Kier alpha value is -4.29. The van der Waals surface area contributed by atoms with Gasteiger partial charge in [-0.2, -0.15) is 0 Å². The zero-order valence-electron chi connectivity index (χ0n) is 22.2. The number of carboxylic acids is 1. The van der Waals surface area contributed by atoms with E-state index < -0.39 is 50.4 Å². The van der Waals surface area contributed by atoms with Gasteiger partial charge in [-0.05, 0) is 43.7 Å². The third kappa shape index (κ3) is 7.27. The first-order valence-corrected chi connectivity index (χ1v) is 15.4. The second-order valence-corrected chi connectivity index (χ2v) is 13.0. The maximum Gasteiger partial charge on any atom is 0.356 e. The fourth-order valence-corrected chi connectivity index (χ4v) is 7.43. The zero-order valence-corrected chi connectivity index (χ0v) is 23.9. The molecule has 214 valence electrons. The molecule has 0 bridgehead atoms. The fourth-order valence-electron chi connectivity index (χ4n) is 3.96. The number of nitrogens with one attached hydrogen (secondary N) is 1. The van der Waals surface area contributed by atoms with Crippen molar-refractivity contribution in [1.82, 2.24) is 10.2 Å². The minimum absolute atomic E-state index is 0.0252. The Morgan fingerprint density at radius 3 is 2.20 bits per heavy atom. The van der Waals surface area contributed by atoms with Crippen LogP contribution in [0.2, 0.25) is 0 Å². The molecule has 2 N–H and O–H groups in total. The lowest BCUT2D eigenvalue weighted by atomic mass is 10.1. The molecule has 0 aliphatic carbocycles. The Morgan fingerprint density at radius 1 is 0.976 bits per heavy atom. The summed E-state index contributed by atoms with van der Waals surface area (Å²) in [5, 5.41) is 11.2. The summed E-state index contributed by atoms with van der Waals surface area (Å²) < 4.78 is 37.7. The lowest BCUT2D eigenvalue weighted by Crippen LogP contribution is -2.70. The van der Waals surface area contributed by atoms with Gasteiger partial charge in [-0.3, -0.25) is 14.5 Å². The molecular formula is C29H28N2O8S2. The van der Waals surface area contributed by atoms with E-state index in [2.05, 4.69) is 5.32 Å². The number of allylic oxidation sites excluding steroid dienone is 1. The molecule has 10 nitrogen and oxygen atoms in total. The molecule has 2 amide bonds. The molecule has 1 saturated heterocycles. The summed E-state index contributed by atoms with van der Waals surface area (Å²) in [5.74, 6) is -2.62. The van der Waals surface area contributed by atoms with Crippen molar-refractivity contribution in [3.8, 4) is 5.75 Å². The Balaban J connectivity index is 1.59. The largest absolute Gasteiger partial charge is 0.491 e. The highest BCUT2D eigenvalue weighted by Gasteiger charge is 2.54. The first-order valence-electron chi connectivity index (χ1n) is 12.5. The van der Waals surface area contributed by atoms with Crippen LogP contribution in [-0.4, -0.2) is 54.2 Å². The van der Waals surface area contributed by atoms with Crippen molar-refractivity contribution < 1.29 is 37.4 Å². The first-order chi connectivity index (χ1) is 19.6. The van der Waals surface area contributed by atoms with Crippen LogP contribution < -0.4 is 10.1 Å². The third-order valence-electron chi connectivity index (χ3n) is 6.08. The molecule has 3 aromatic rings. The summed E-state index contributed by atoms with van der Waals surface area (Å²) in [6, 6.07) is 22.3. The Morgan fingerprint density at radius 2 is 1.59 bits per heavy atom. The predicted molar refractivity (Wildman–Crippen MR) is 152 cm³/mol. The van der Waals surface area contributed by atoms with Crippen molar-refractivity contribution in [1.29, 1.82) is 0 Å². The maximum absolute atomic E-state index is 13.3. The van der Waals surface area contributed by atoms with Crippen LogP contribution in [0, 0.1) is 6.92 Å². The van der Waals surface area contributed by atoms with Gasteiger partial charge in [0.15, 0.2) is 12.3 Å². The number of hydrogen-bond acceptors (Lipinski definition) is 8. The molecule has 0 aromatic heterocycles. The van der Waals surface area contributed by atoms with Gasteiger partial charge < -0.3 is 19.9 Å². The summed E-state index contributed by atoms with van der Waals surface area (Å²) in [7, 11) is -3.70. The van der Waals surface area contributed by atoms with E-state index in [0.29, 0.717) is 16.5 Å². The minimum atomic E-state index is -4.07. The van der Waals surface area contributed by atoms with E-state index in [-0.39, 0.29) is 17.3 Å². The molecule has 3 aromatic carbocycles. The van der Waals surface area contributed by atoms with Crippen LogP contribution in [0.25, 0.3) is 0 Å². The lowest BCUT2D eigenvalue weighted by molar-refractivity contribution is -0.151. The van der Waals surface area contributed by atoms with Crippen molar-refractivity contribution in [3.05, 3.63) is 108 Å². The van der Waals surface area contributed by atoms with Crippen molar-refractivity contribution in [2.24, 2.45) is 0 Å². The van der Waals surface area contributed by atoms with Crippen molar-refractivity contribution in [3.63, 3.8) is 0 Å².